The van der Waals surface area contributed by atoms with Gasteiger partial charge in [-0.3, -0.25) is 4.79 Å². The summed E-state index contributed by atoms with van der Waals surface area (Å²) in [5.41, 5.74) is 1.88. The summed E-state index contributed by atoms with van der Waals surface area (Å²) in [4.78, 5) is 15.4. The van der Waals surface area contributed by atoms with Gasteiger partial charge in [-0.15, -0.1) is 11.3 Å². The molecule has 2 aromatic rings. The van der Waals surface area contributed by atoms with Crippen LogP contribution in [-0.2, 0) is 14.8 Å². The van der Waals surface area contributed by atoms with Crippen LogP contribution in [0, 0.1) is 5.92 Å². The van der Waals surface area contributed by atoms with Crippen molar-refractivity contribution >= 4 is 38.6 Å². The van der Waals surface area contributed by atoms with Gasteiger partial charge < -0.3 is 10.2 Å². The number of carbonyl (C=O) groups excluding carboxylic acids is 1. The average Bonchev–Trinajstić information content (AvgIpc) is 3.19. The first kappa shape index (κ1) is 21.3. The summed E-state index contributed by atoms with van der Waals surface area (Å²) >= 11 is 1.22. The van der Waals surface area contributed by atoms with Gasteiger partial charge >= 0.3 is 0 Å². The highest BCUT2D eigenvalue weighted by atomic mass is 32.2. The second-order valence-electron chi connectivity index (χ2n) is 8.04. The molecule has 0 bridgehead atoms. The molecule has 2 saturated heterocycles. The zero-order chi connectivity index (χ0) is 21.0. The van der Waals surface area contributed by atoms with Crippen LogP contribution in [0.4, 0.5) is 11.4 Å². The van der Waals surface area contributed by atoms with Gasteiger partial charge in [-0.1, -0.05) is 31.0 Å². The fourth-order valence-electron chi connectivity index (χ4n) is 4.31. The summed E-state index contributed by atoms with van der Waals surface area (Å²) < 4.78 is 27.5. The number of carbonyl (C=O) groups is 1. The van der Waals surface area contributed by atoms with Crippen LogP contribution in [-0.4, -0.2) is 44.8 Å². The average molecular weight is 448 g/mol. The van der Waals surface area contributed by atoms with Crippen molar-refractivity contribution in [3.05, 3.63) is 41.8 Å². The lowest BCUT2D eigenvalue weighted by Gasteiger charge is -2.31. The Morgan fingerprint density at radius 2 is 1.73 bits per heavy atom. The van der Waals surface area contributed by atoms with E-state index in [-0.39, 0.29) is 18.4 Å². The summed E-state index contributed by atoms with van der Waals surface area (Å²) in [5.74, 6) is -0.436. The number of para-hydroxylation sites is 2. The molecule has 1 amide bonds. The molecular formula is C22H29N3O3S2. The third-order valence-electron chi connectivity index (χ3n) is 5.95. The quantitative estimate of drug-likeness (QED) is 0.747. The van der Waals surface area contributed by atoms with Crippen molar-refractivity contribution in [1.29, 1.82) is 0 Å². The third-order valence-corrected chi connectivity index (χ3v) is 9.19. The molecule has 0 radical (unpaired) electrons. The largest absolute Gasteiger partial charge is 0.370 e. The zero-order valence-corrected chi connectivity index (χ0v) is 18.8. The van der Waals surface area contributed by atoms with E-state index in [2.05, 4.69) is 16.3 Å². The monoisotopic (exact) mass is 447 g/mol. The molecule has 0 aliphatic carbocycles. The van der Waals surface area contributed by atoms with E-state index < -0.39 is 10.0 Å². The number of anilines is 2. The zero-order valence-electron chi connectivity index (χ0n) is 17.1. The highest BCUT2D eigenvalue weighted by Gasteiger charge is 2.34. The Labute approximate surface area is 182 Å². The minimum Gasteiger partial charge on any atom is -0.370 e. The fourth-order valence-corrected chi connectivity index (χ4v) is 6.98. The number of nitrogens with zero attached hydrogens (tertiary/aromatic N) is 2. The van der Waals surface area contributed by atoms with Crippen molar-refractivity contribution in [3.8, 4) is 0 Å². The van der Waals surface area contributed by atoms with Gasteiger partial charge in [0.1, 0.15) is 4.21 Å². The summed E-state index contributed by atoms with van der Waals surface area (Å²) in [6.45, 7) is 2.71. The van der Waals surface area contributed by atoms with E-state index in [0.29, 0.717) is 23.6 Å². The molecule has 8 heteroatoms. The number of nitrogens with one attached hydrogen (secondary N) is 1. The number of hydrogen-bond donors (Lipinski definition) is 1. The summed E-state index contributed by atoms with van der Waals surface area (Å²) in [7, 11) is -3.52. The molecule has 1 unspecified atom stereocenters. The SMILES string of the molecule is O=C(Nc1ccccc1N1CCCCCC1)C1CCCN(S(=O)(=O)c2cccs2)C1. The molecule has 2 fully saturated rings. The maximum Gasteiger partial charge on any atom is 0.252 e. The van der Waals surface area contributed by atoms with Crippen LogP contribution in [0.1, 0.15) is 38.5 Å². The summed E-state index contributed by atoms with van der Waals surface area (Å²) in [6, 6.07) is 11.3. The number of rotatable bonds is 5. The first-order chi connectivity index (χ1) is 14.6. The molecule has 0 spiro atoms. The van der Waals surface area contributed by atoms with E-state index in [9.17, 15) is 13.2 Å². The third kappa shape index (κ3) is 4.71. The van der Waals surface area contributed by atoms with Crippen molar-refractivity contribution in [2.45, 2.75) is 42.7 Å². The van der Waals surface area contributed by atoms with Gasteiger partial charge in [0.25, 0.3) is 10.0 Å². The highest BCUT2D eigenvalue weighted by molar-refractivity contribution is 7.91. The van der Waals surface area contributed by atoms with Crippen molar-refractivity contribution in [1.82, 2.24) is 4.31 Å². The molecule has 2 aliphatic heterocycles. The number of amides is 1. The van der Waals surface area contributed by atoms with Crippen molar-refractivity contribution in [2.75, 3.05) is 36.4 Å². The topological polar surface area (TPSA) is 69.7 Å². The van der Waals surface area contributed by atoms with Gasteiger partial charge in [0.15, 0.2) is 0 Å². The van der Waals surface area contributed by atoms with Crippen LogP contribution in [0.3, 0.4) is 0 Å². The summed E-state index contributed by atoms with van der Waals surface area (Å²) in [5, 5.41) is 4.87. The molecule has 1 aromatic heterocycles. The number of piperidine rings is 1. The predicted molar refractivity (Wildman–Crippen MR) is 122 cm³/mol. The van der Waals surface area contributed by atoms with Crippen LogP contribution >= 0.6 is 11.3 Å². The Balaban J connectivity index is 1.47. The molecule has 1 aromatic carbocycles. The van der Waals surface area contributed by atoms with Gasteiger partial charge in [0.05, 0.1) is 17.3 Å². The normalized spacial score (nSPS) is 21.2. The lowest BCUT2D eigenvalue weighted by Crippen LogP contribution is -2.43. The molecule has 2 aliphatic rings. The van der Waals surface area contributed by atoms with Gasteiger partial charge in [-0.2, -0.15) is 4.31 Å². The number of thiophene rings is 1. The molecule has 6 nitrogen and oxygen atoms in total. The molecule has 3 heterocycles. The molecule has 1 atom stereocenters. The van der Waals surface area contributed by atoms with E-state index >= 15 is 0 Å². The van der Waals surface area contributed by atoms with E-state index in [4.69, 9.17) is 0 Å². The van der Waals surface area contributed by atoms with Crippen LogP contribution in [0.15, 0.2) is 46.0 Å². The van der Waals surface area contributed by atoms with E-state index in [1.165, 1.54) is 41.3 Å². The first-order valence-corrected chi connectivity index (χ1v) is 13.1. The molecular weight excluding hydrogens is 418 g/mol. The van der Waals surface area contributed by atoms with E-state index in [0.717, 1.165) is 24.5 Å². The Bertz CT molecular complexity index is 952. The Morgan fingerprint density at radius 1 is 0.967 bits per heavy atom. The molecule has 4 rings (SSSR count). The minimum atomic E-state index is -3.52. The standard InChI is InChI=1S/C22H29N3O3S2/c26-22(18-9-7-15-25(17-18)30(27,28)21-12-8-16-29-21)23-19-10-3-4-11-20(19)24-13-5-1-2-6-14-24/h3-4,8,10-12,16,18H,1-2,5-7,9,13-15,17H2,(H,23,26). The van der Waals surface area contributed by atoms with Crippen LogP contribution in [0.2, 0.25) is 0 Å². The fraction of sp³-hybridized carbons (Fsp3) is 0.500. The van der Waals surface area contributed by atoms with E-state index in [1.807, 2.05) is 18.2 Å². The number of benzene rings is 1. The van der Waals surface area contributed by atoms with Crippen molar-refractivity contribution in [2.24, 2.45) is 5.92 Å². The lowest BCUT2D eigenvalue weighted by atomic mass is 9.98. The number of hydrogen-bond acceptors (Lipinski definition) is 5. The minimum absolute atomic E-state index is 0.0941. The Hall–Kier alpha value is -1.90. The first-order valence-electron chi connectivity index (χ1n) is 10.7. The van der Waals surface area contributed by atoms with Gasteiger partial charge in [-0.25, -0.2) is 8.42 Å². The Morgan fingerprint density at radius 3 is 2.47 bits per heavy atom. The lowest BCUT2D eigenvalue weighted by molar-refractivity contribution is -0.120. The summed E-state index contributed by atoms with van der Waals surface area (Å²) in [6.07, 6.45) is 6.23. The highest BCUT2D eigenvalue weighted by Crippen LogP contribution is 2.30. The van der Waals surface area contributed by atoms with Crippen molar-refractivity contribution in [3.63, 3.8) is 0 Å². The Kier molecular flexibility index (Phi) is 6.75. The maximum absolute atomic E-state index is 13.1. The van der Waals surface area contributed by atoms with Gasteiger partial charge in [0.2, 0.25) is 5.91 Å². The van der Waals surface area contributed by atoms with Crippen molar-refractivity contribution < 1.29 is 13.2 Å². The predicted octanol–water partition coefficient (Wildman–Crippen LogP) is 4.17. The molecule has 1 N–H and O–H groups in total. The molecule has 0 saturated carbocycles. The smallest absolute Gasteiger partial charge is 0.252 e. The van der Waals surface area contributed by atoms with Crippen LogP contribution in [0.25, 0.3) is 0 Å². The van der Waals surface area contributed by atoms with Crippen LogP contribution < -0.4 is 10.2 Å². The molecule has 30 heavy (non-hydrogen) atoms. The van der Waals surface area contributed by atoms with Gasteiger partial charge in [-0.05, 0) is 49.3 Å². The maximum atomic E-state index is 13.1. The molecule has 162 valence electrons. The second kappa shape index (κ2) is 9.49. The van der Waals surface area contributed by atoms with Gasteiger partial charge in [0, 0.05) is 26.2 Å². The second-order valence-corrected chi connectivity index (χ2v) is 11.2. The van der Waals surface area contributed by atoms with Crippen LogP contribution in [0.5, 0.6) is 0 Å². The number of sulfonamides is 1. The van der Waals surface area contributed by atoms with E-state index in [1.54, 1.807) is 17.5 Å².